The van der Waals surface area contributed by atoms with Gasteiger partial charge >= 0.3 is 0 Å². The number of nitrogens with zero attached hydrogens (tertiary/aromatic N) is 1. The molecular weight excluding hydrogens is 179 g/mol. The van der Waals surface area contributed by atoms with Crippen molar-refractivity contribution < 1.29 is 4.39 Å². The molecule has 0 aliphatic carbocycles. The molecule has 0 radical (unpaired) electrons. The predicted octanol–water partition coefficient (Wildman–Crippen LogP) is 2.06. The van der Waals surface area contributed by atoms with E-state index in [-0.39, 0.29) is 5.56 Å². The Bertz CT molecular complexity index is 377. The van der Waals surface area contributed by atoms with Gasteiger partial charge in [0, 0.05) is 0 Å². The molecule has 3 heteroatoms. The smallest absolute Gasteiger partial charge is 0.140 e. The SMILES string of the molecule is N#Cc1cc(C=CCCN)ccc1F. The van der Waals surface area contributed by atoms with Crippen LogP contribution in [0.1, 0.15) is 17.5 Å². The van der Waals surface area contributed by atoms with Crippen molar-refractivity contribution in [3.8, 4) is 6.07 Å². The Kier molecular flexibility index (Phi) is 3.84. The third-order valence-corrected chi connectivity index (χ3v) is 1.75. The molecule has 14 heavy (non-hydrogen) atoms. The van der Waals surface area contributed by atoms with Crippen LogP contribution in [0.4, 0.5) is 4.39 Å². The quantitative estimate of drug-likeness (QED) is 0.793. The Balaban J connectivity index is 2.86. The van der Waals surface area contributed by atoms with Crippen LogP contribution < -0.4 is 5.73 Å². The molecule has 0 bridgehead atoms. The summed E-state index contributed by atoms with van der Waals surface area (Å²) in [4.78, 5) is 0. The van der Waals surface area contributed by atoms with Crippen LogP contribution in [0.15, 0.2) is 24.3 Å². The third kappa shape index (κ3) is 2.68. The number of benzene rings is 1. The molecule has 0 saturated carbocycles. The maximum atomic E-state index is 12.9. The van der Waals surface area contributed by atoms with Gasteiger partial charge in [0.15, 0.2) is 0 Å². The van der Waals surface area contributed by atoms with Crippen molar-refractivity contribution >= 4 is 6.08 Å². The standard InChI is InChI=1S/C11H11FN2/c12-11-5-4-9(3-1-2-6-13)7-10(11)8-14/h1,3-5,7H,2,6,13H2. The zero-order valence-electron chi connectivity index (χ0n) is 7.70. The van der Waals surface area contributed by atoms with Gasteiger partial charge in [0.1, 0.15) is 11.9 Å². The molecule has 72 valence electrons. The van der Waals surface area contributed by atoms with Crippen LogP contribution in [0.3, 0.4) is 0 Å². The molecular formula is C11H11FN2. The lowest BCUT2D eigenvalue weighted by molar-refractivity contribution is 0.624. The topological polar surface area (TPSA) is 49.8 Å². The van der Waals surface area contributed by atoms with Gasteiger partial charge in [-0.05, 0) is 30.7 Å². The molecule has 1 rings (SSSR count). The summed E-state index contributed by atoms with van der Waals surface area (Å²) in [6.45, 7) is 0.586. The summed E-state index contributed by atoms with van der Waals surface area (Å²) in [5.41, 5.74) is 6.19. The van der Waals surface area contributed by atoms with Crippen molar-refractivity contribution in [3.63, 3.8) is 0 Å². The first-order valence-electron chi connectivity index (χ1n) is 4.34. The molecule has 2 N–H and O–H groups in total. The number of halogens is 1. The zero-order chi connectivity index (χ0) is 10.4. The van der Waals surface area contributed by atoms with Crippen molar-refractivity contribution in [2.24, 2.45) is 5.73 Å². The highest BCUT2D eigenvalue weighted by molar-refractivity contribution is 5.52. The van der Waals surface area contributed by atoms with E-state index in [1.165, 1.54) is 12.1 Å². The van der Waals surface area contributed by atoms with Gasteiger partial charge in [-0.25, -0.2) is 4.39 Å². The summed E-state index contributed by atoms with van der Waals surface area (Å²) in [6, 6.07) is 6.23. The Morgan fingerprint density at radius 1 is 1.50 bits per heavy atom. The lowest BCUT2D eigenvalue weighted by Gasteiger charge is -1.95. The first kappa shape index (κ1) is 10.4. The van der Waals surface area contributed by atoms with Crippen LogP contribution in [-0.2, 0) is 0 Å². The summed E-state index contributed by atoms with van der Waals surface area (Å²) < 4.78 is 12.9. The third-order valence-electron chi connectivity index (χ3n) is 1.75. The number of hydrogen-bond acceptors (Lipinski definition) is 2. The average Bonchev–Trinajstić information content (AvgIpc) is 2.21. The van der Waals surface area contributed by atoms with Gasteiger partial charge in [-0.15, -0.1) is 0 Å². The molecule has 0 saturated heterocycles. The van der Waals surface area contributed by atoms with Gasteiger partial charge in [0.2, 0.25) is 0 Å². The molecule has 0 aliphatic rings. The molecule has 0 fully saturated rings. The van der Waals surface area contributed by atoms with Crippen LogP contribution in [0.25, 0.3) is 6.08 Å². The summed E-state index contributed by atoms with van der Waals surface area (Å²) in [5.74, 6) is -0.483. The summed E-state index contributed by atoms with van der Waals surface area (Å²) in [5, 5.41) is 8.58. The van der Waals surface area contributed by atoms with E-state index in [2.05, 4.69) is 0 Å². The van der Waals surface area contributed by atoms with E-state index in [1.807, 2.05) is 12.2 Å². The first-order chi connectivity index (χ1) is 6.77. The molecule has 2 nitrogen and oxygen atoms in total. The minimum absolute atomic E-state index is 0.0694. The molecule has 0 aliphatic heterocycles. The molecule has 0 amide bonds. The van der Waals surface area contributed by atoms with Crippen molar-refractivity contribution in [2.75, 3.05) is 6.54 Å². The fourth-order valence-corrected chi connectivity index (χ4v) is 1.05. The number of hydrogen-bond donors (Lipinski definition) is 1. The molecule has 0 spiro atoms. The van der Waals surface area contributed by atoms with Gasteiger partial charge in [-0.2, -0.15) is 5.26 Å². The molecule has 1 aromatic rings. The Hall–Kier alpha value is -1.66. The fraction of sp³-hybridized carbons (Fsp3) is 0.182. The van der Waals surface area contributed by atoms with Crippen LogP contribution >= 0.6 is 0 Å². The molecule has 0 atom stereocenters. The fourth-order valence-electron chi connectivity index (χ4n) is 1.05. The molecule has 0 heterocycles. The Labute approximate surface area is 82.5 Å². The second-order valence-electron chi connectivity index (χ2n) is 2.83. The van der Waals surface area contributed by atoms with E-state index < -0.39 is 5.82 Å². The van der Waals surface area contributed by atoms with E-state index >= 15 is 0 Å². The van der Waals surface area contributed by atoms with Crippen molar-refractivity contribution in [1.82, 2.24) is 0 Å². The second kappa shape index (κ2) is 5.15. The zero-order valence-corrected chi connectivity index (χ0v) is 7.70. The van der Waals surface area contributed by atoms with Crippen molar-refractivity contribution in [2.45, 2.75) is 6.42 Å². The molecule has 0 unspecified atom stereocenters. The summed E-state index contributed by atoms with van der Waals surface area (Å²) in [7, 11) is 0. The predicted molar refractivity (Wildman–Crippen MR) is 53.8 cm³/mol. The van der Waals surface area contributed by atoms with E-state index in [0.29, 0.717) is 6.54 Å². The lowest BCUT2D eigenvalue weighted by Crippen LogP contribution is -1.95. The second-order valence-corrected chi connectivity index (χ2v) is 2.83. The van der Waals surface area contributed by atoms with Crippen LogP contribution in [-0.4, -0.2) is 6.54 Å². The molecule has 1 aromatic carbocycles. The highest BCUT2D eigenvalue weighted by atomic mass is 19.1. The van der Waals surface area contributed by atoms with Gasteiger partial charge in [0.25, 0.3) is 0 Å². The lowest BCUT2D eigenvalue weighted by atomic mass is 10.1. The first-order valence-corrected chi connectivity index (χ1v) is 4.34. The van der Waals surface area contributed by atoms with Gasteiger partial charge in [-0.3, -0.25) is 0 Å². The van der Waals surface area contributed by atoms with E-state index in [0.717, 1.165) is 12.0 Å². The monoisotopic (exact) mass is 190 g/mol. The van der Waals surface area contributed by atoms with E-state index in [1.54, 1.807) is 12.1 Å². The highest BCUT2D eigenvalue weighted by Gasteiger charge is 1.99. The highest BCUT2D eigenvalue weighted by Crippen LogP contribution is 2.10. The van der Waals surface area contributed by atoms with Gasteiger partial charge < -0.3 is 5.73 Å². The maximum Gasteiger partial charge on any atom is 0.140 e. The number of nitrogens with two attached hydrogens (primary N) is 1. The van der Waals surface area contributed by atoms with Crippen molar-refractivity contribution in [3.05, 3.63) is 41.2 Å². The minimum atomic E-state index is -0.483. The van der Waals surface area contributed by atoms with Crippen LogP contribution in [0.2, 0.25) is 0 Å². The van der Waals surface area contributed by atoms with Gasteiger partial charge in [0.05, 0.1) is 5.56 Å². The van der Waals surface area contributed by atoms with Crippen LogP contribution in [0, 0.1) is 17.1 Å². The average molecular weight is 190 g/mol. The summed E-state index contributed by atoms with van der Waals surface area (Å²) >= 11 is 0. The summed E-state index contributed by atoms with van der Waals surface area (Å²) in [6.07, 6.45) is 4.50. The van der Waals surface area contributed by atoms with Gasteiger partial charge in [-0.1, -0.05) is 18.2 Å². The Morgan fingerprint density at radius 2 is 2.29 bits per heavy atom. The normalized spacial score (nSPS) is 10.4. The largest absolute Gasteiger partial charge is 0.330 e. The van der Waals surface area contributed by atoms with E-state index in [9.17, 15) is 4.39 Å². The number of rotatable bonds is 3. The maximum absolute atomic E-state index is 12.9. The van der Waals surface area contributed by atoms with Crippen LogP contribution in [0.5, 0.6) is 0 Å². The van der Waals surface area contributed by atoms with E-state index in [4.69, 9.17) is 11.0 Å². The number of nitriles is 1. The molecule has 0 aromatic heterocycles. The van der Waals surface area contributed by atoms with Crippen molar-refractivity contribution in [1.29, 1.82) is 5.26 Å². The minimum Gasteiger partial charge on any atom is -0.330 e. The Morgan fingerprint density at radius 3 is 2.93 bits per heavy atom.